The zero-order chi connectivity index (χ0) is 13.5. The van der Waals surface area contributed by atoms with E-state index in [0.717, 1.165) is 18.4 Å². The van der Waals surface area contributed by atoms with Gasteiger partial charge in [-0.2, -0.15) is 0 Å². The normalized spacial score (nSPS) is 17.7. The average molecular weight is 268 g/mol. The molecule has 0 amide bonds. The van der Waals surface area contributed by atoms with Crippen molar-refractivity contribution in [2.24, 2.45) is 5.92 Å². The van der Waals surface area contributed by atoms with Crippen molar-refractivity contribution in [2.45, 2.75) is 44.6 Å². The summed E-state index contributed by atoms with van der Waals surface area (Å²) in [5, 5.41) is 0. The van der Waals surface area contributed by atoms with Gasteiger partial charge in [-0.1, -0.05) is 6.07 Å². The monoisotopic (exact) mass is 268 g/mol. The van der Waals surface area contributed by atoms with Gasteiger partial charge in [0.1, 0.15) is 0 Å². The molecule has 0 aromatic heterocycles. The van der Waals surface area contributed by atoms with Gasteiger partial charge in [0.05, 0.1) is 4.90 Å². The van der Waals surface area contributed by atoms with Crippen molar-refractivity contribution in [3.63, 3.8) is 0 Å². The number of aryl methyl sites for hydroxylation is 1. The second-order valence-electron chi connectivity index (χ2n) is 5.17. The molecule has 0 radical (unpaired) electrons. The van der Waals surface area contributed by atoms with Crippen LogP contribution in [0, 0.1) is 19.8 Å². The summed E-state index contributed by atoms with van der Waals surface area (Å²) in [7, 11) is -3.48. The number of nitrogen functional groups attached to an aromatic ring is 1. The summed E-state index contributed by atoms with van der Waals surface area (Å²) in [5.41, 5.74) is 7.67. The number of nitrogens with two attached hydrogens (primary N) is 1. The minimum atomic E-state index is -3.48. The molecule has 0 saturated heterocycles. The summed E-state index contributed by atoms with van der Waals surface area (Å²) < 4.78 is 27.6. The smallest absolute Gasteiger partial charge is 0.241 e. The van der Waals surface area contributed by atoms with E-state index in [9.17, 15) is 8.42 Å². The molecule has 1 unspecified atom stereocenters. The van der Waals surface area contributed by atoms with Crippen molar-refractivity contribution in [3.8, 4) is 0 Å². The van der Waals surface area contributed by atoms with Crippen LogP contribution in [0.2, 0.25) is 0 Å². The topological polar surface area (TPSA) is 72.2 Å². The Bertz CT molecular complexity index is 563. The lowest BCUT2D eigenvalue weighted by Gasteiger charge is -2.17. The van der Waals surface area contributed by atoms with Crippen LogP contribution >= 0.6 is 0 Å². The molecule has 1 fully saturated rings. The van der Waals surface area contributed by atoms with E-state index in [0.29, 0.717) is 22.1 Å². The Balaban J connectivity index is 2.37. The van der Waals surface area contributed by atoms with Crippen molar-refractivity contribution in [1.82, 2.24) is 4.72 Å². The Hall–Kier alpha value is -1.07. The minimum Gasteiger partial charge on any atom is -0.398 e. The zero-order valence-electron chi connectivity index (χ0n) is 11.0. The Morgan fingerprint density at radius 2 is 1.94 bits per heavy atom. The fourth-order valence-electron chi connectivity index (χ4n) is 2.25. The largest absolute Gasteiger partial charge is 0.398 e. The second-order valence-corrected chi connectivity index (χ2v) is 6.82. The molecule has 3 N–H and O–H groups in total. The van der Waals surface area contributed by atoms with Crippen LogP contribution in [0.3, 0.4) is 0 Å². The number of anilines is 1. The molecule has 1 atom stereocenters. The highest BCUT2D eigenvalue weighted by atomic mass is 32.2. The highest BCUT2D eigenvalue weighted by Gasteiger charge is 2.32. The SMILES string of the molecule is Cc1ccc(N)c(C)c1S(=O)(=O)NC(C)C1CC1. The molecule has 0 bridgehead atoms. The molecular formula is C13H20N2O2S. The Labute approximate surface area is 109 Å². The Kier molecular flexibility index (Phi) is 3.38. The van der Waals surface area contributed by atoms with E-state index in [1.165, 1.54) is 0 Å². The van der Waals surface area contributed by atoms with Crippen molar-refractivity contribution in [2.75, 3.05) is 5.73 Å². The van der Waals surface area contributed by atoms with Gasteiger partial charge in [-0.25, -0.2) is 13.1 Å². The van der Waals surface area contributed by atoms with Gasteiger partial charge in [0.2, 0.25) is 10.0 Å². The number of benzene rings is 1. The van der Waals surface area contributed by atoms with E-state index in [1.54, 1.807) is 26.0 Å². The van der Waals surface area contributed by atoms with E-state index >= 15 is 0 Å². The van der Waals surface area contributed by atoms with E-state index in [4.69, 9.17) is 5.73 Å². The summed E-state index contributed by atoms with van der Waals surface area (Å²) in [5.74, 6) is 0.487. The fraction of sp³-hybridized carbons (Fsp3) is 0.538. The van der Waals surface area contributed by atoms with Crippen LogP contribution in [0.4, 0.5) is 5.69 Å². The third kappa shape index (κ3) is 2.52. The van der Waals surface area contributed by atoms with E-state index in [2.05, 4.69) is 4.72 Å². The molecule has 0 aliphatic heterocycles. The maximum Gasteiger partial charge on any atom is 0.241 e. The Morgan fingerprint density at radius 1 is 1.33 bits per heavy atom. The first-order valence-corrected chi connectivity index (χ1v) is 7.69. The maximum atomic E-state index is 12.4. The van der Waals surface area contributed by atoms with Crippen LogP contribution in [-0.4, -0.2) is 14.5 Å². The molecule has 0 spiro atoms. The third-order valence-corrected chi connectivity index (χ3v) is 5.43. The van der Waals surface area contributed by atoms with E-state index in [1.807, 2.05) is 6.92 Å². The second kappa shape index (κ2) is 4.55. The average Bonchev–Trinajstić information content (AvgIpc) is 3.06. The molecule has 5 heteroatoms. The summed E-state index contributed by atoms with van der Waals surface area (Å²) in [4.78, 5) is 0.329. The maximum absolute atomic E-state index is 12.4. The lowest BCUT2D eigenvalue weighted by Crippen LogP contribution is -2.34. The number of hydrogen-bond donors (Lipinski definition) is 2. The van der Waals surface area contributed by atoms with Crippen LogP contribution < -0.4 is 10.5 Å². The van der Waals surface area contributed by atoms with Gasteiger partial charge < -0.3 is 5.73 Å². The number of sulfonamides is 1. The van der Waals surface area contributed by atoms with Gasteiger partial charge in [-0.05, 0) is 56.7 Å². The van der Waals surface area contributed by atoms with Gasteiger partial charge in [0.15, 0.2) is 0 Å². The number of rotatable bonds is 4. The van der Waals surface area contributed by atoms with Gasteiger partial charge in [-0.15, -0.1) is 0 Å². The van der Waals surface area contributed by atoms with Crippen LogP contribution in [0.5, 0.6) is 0 Å². The molecule has 0 heterocycles. The molecule has 4 nitrogen and oxygen atoms in total. The van der Waals surface area contributed by atoms with Crippen LogP contribution in [0.1, 0.15) is 30.9 Å². The van der Waals surface area contributed by atoms with Crippen LogP contribution in [0.15, 0.2) is 17.0 Å². The standard InChI is InChI=1S/C13H20N2O2S/c1-8-4-7-12(14)9(2)13(8)18(16,17)15-10(3)11-5-6-11/h4,7,10-11,15H,5-6,14H2,1-3H3. The molecule has 1 aliphatic carbocycles. The summed E-state index contributed by atoms with van der Waals surface area (Å²) >= 11 is 0. The van der Waals surface area contributed by atoms with Crippen LogP contribution in [-0.2, 0) is 10.0 Å². The van der Waals surface area contributed by atoms with Gasteiger partial charge in [-0.3, -0.25) is 0 Å². The lowest BCUT2D eigenvalue weighted by atomic mass is 10.1. The quantitative estimate of drug-likeness (QED) is 0.820. The van der Waals surface area contributed by atoms with E-state index in [-0.39, 0.29) is 6.04 Å². The number of hydrogen-bond acceptors (Lipinski definition) is 3. The summed E-state index contributed by atoms with van der Waals surface area (Å²) in [6, 6.07) is 3.49. The van der Waals surface area contributed by atoms with Crippen molar-refractivity contribution < 1.29 is 8.42 Å². The molecule has 100 valence electrons. The first-order valence-electron chi connectivity index (χ1n) is 6.21. The van der Waals surface area contributed by atoms with Crippen molar-refractivity contribution >= 4 is 15.7 Å². The highest BCUT2D eigenvalue weighted by Crippen LogP contribution is 2.33. The summed E-state index contributed by atoms with van der Waals surface area (Å²) in [6.45, 7) is 5.47. The molecule has 1 aromatic rings. The predicted molar refractivity (Wildman–Crippen MR) is 72.8 cm³/mol. The number of nitrogens with one attached hydrogen (secondary N) is 1. The molecule has 1 aliphatic rings. The molecule has 2 rings (SSSR count). The molecule has 1 aromatic carbocycles. The Morgan fingerprint density at radius 3 is 2.50 bits per heavy atom. The van der Waals surface area contributed by atoms with Crippen molar-refractivity contribution in [1.29, 1.82) is 0 Å². The first-order chi connectivity index (χ1) is 8.33. The van der Waals surface area contributed by atoms with E-state index < -0.39 is 10.0 Å². The van der Waals surface area contributed by atoms with Gasteiger partial charge in [0, 0.05) is 11.7 Å². The minimum absolute atomic E-state index is 0.00442. The zero-order valence-corrected chi connectivity index (χ0v) is 11.8. The molecule has 18 heavy (non-hydrogen) atoms. The molecular weight excluding hydrogens is 248 g/mol. The third-order valence-electron chi connectivity index (χ3n) is 3.58. The molecule has 1 saturated carbocycles. The highest BCUT2D eigenvalue weighted by molar-refractivity contribution is 7.89. The van der Waals surface area contributed by atoms with Crippen LogP contribution in [0.25, 0.3) is 0 Å². The predicted octanol–water partition coefficient (Wildman–Crippen LogP) is 1.96. The fourth-order valence-corrected chi connectivity index (χ4v) is 4.06. The van der Waals surface area contributed by atoms with Gasteiger partial charge in [0.25, 0.3) is 0 Å². The first kappa shape index (κ1) is 13.4. The van der Waals surface area contributed by atoms with Gasteiger partial charge >= 0.3 is 0 Å². The lowest BCUT2D eigenvalue weighted by molar-refractivity contribution is 0.537. The van der Waals surface area contributed by atoms with Crippen molar-refractivity contribution in [3.05, 3.63) is 23.3 Å². The summed E-state index contributed by atoms with van der Waals surface area (Å²) in [6.07, 6.45) is 2.22.